The smallest absolute Gasteiger partial charge is 0.165 e. The summed E-state index contributed by atoms with van der Waals surface area (Å²) in [5.41, 5.74) is 1.49. The lowest BCUT2D eigenvalue weighted by Gasteiger charge is -2.19. The summed E-state index contributed by atoms with van der Waals surface area (Å²) in [5.74, 6) is -0.260. The highest BCUT2D eigenvalue weighted by atomic mass is 79.9. The van der Waals surface area contributed by atoms with Crippen LogP contribution >= 0.6 is 15.9 Å². The maximum atomic E-state index is 13.7. The Morgan fingerprint density at radius 2 is 2.05 bits per heavy atom. The molecule has 2 aromatic carbocycles. The van der Waals surface area contributed by atoms with Crippen LogP contribution < -0.4 is 10.1 Å². The van der Waals surface area contributed by atoms with E-state index in [9.17, 15) is 9.50 Å². The molecule has 2 N–H and O–H groups in total. The van der Waals surface area contributed by atoms with Crippen molar-refractivity contribution in [3.8, 4) is 5.75 Å². The minimum Gasteiger partial charge on any atom is -0.494 e. The lowest BCUT2D eigenvalue weighted by molar-refractivity contribution is 0.276. The van der Waals surface area contributed by atoms with Crippen molar-refractivity contribution in [3.63, 3.8) is 0 Å². The predicted molar refractivity (Wildman–Crippen MR) is 80.5 cm³/mol. The summed E-state index contributed by atoms with van der Waals surface area (Å²) in [6.07, 6.45) is 0. The van der Waals surface area contributed by atoms with Crippen molar-refractivity contribution in [3.05, 3.63) is 58.3 Å². The Morgan fingerprint density at radius 1 is 1.30 bits per heavy atom. The van der Waals surface area contributed by atoms with E-state index in [1.165, 1.54) is 13.2 Å². The summed E-state index contributed by atoms with van der Waals surface area (Å²) in [4.78, 5) is 0. The summed E-state index contributed by atoms with van der Waals surface area (Å²) >= 11 is 3.43. The van der Waals surface area contributed by atoms with Crippen LogP contribution in [0.3, 0.4) is 0 Å². The quantitative estimate of drug-likeness (QED) is 0.871. The molecule has 0 amide bonds. The molecule has 0 aliphatic carbocycles. The first-order valence-corrected chi connectivity index (χ1v) is 6.90. The first kappa shape index (κ1) is 14.8. The fourth-order valence-corrected chi connectivity index (χ4v) is 2.30. The number of aliphatic hydroxyl groups excluding tert-OH is 1. The molecule has 2 aromatic rings. The molecule has 0 spiro atoms. The number of para-hydroxylation sites is 1. The van der Waals surface area contributed by atoms with E-state index in [0.717, 1.165) is 10.2 Å². The topological polar surface area (TPSA) is 41.5 Å². The Kier molecular flexibility index (Phi) is 4.98. The Morgan fingerprint density at radius 3 is 2.65 bits per heavy atom. The van der Waals surface area contributed by atoms with E-state index < -0.39 is 11.9 Å². The van der Waals surface area contributed by atoms with Crippen LogP contribution in [0.25, 0.3) is 0 Å². The van der Waals surface area contributed by atoms with E-state index in [0.29, 0.717) is 5.56 Å². The van der Waals surface area contributed by atoms with E-state index in [4.69, 9.17) is 4.74 Å². The van der Waals surface area contributed by atoms with E-state index in [-0.39, 0.29) is 12.4 Å². The standard InChI is InChI=1S/C15H15BrFNO2/c1-20-15-7-6-10(8-12(15)17)14(9-19)18-13-5-3-2-4-11(13)16/h2-8,14,18-19H,9H2,1H3. The molecule has 0 radical (unpaired) electrons. The van der Waals surface area contributed by atoms with Gasteiger partial charge in [-0.2, -0.15) is 0 Å². The summed E-state index contributed by atoms with van der Waals surface area (Å²) < 4.78 is 19.5. The molecule has 0 saturated carbocycles. The molecule has 20 heavy (non-hydrogen) atoms. The SMILES string of the molecule is COc1ccc(C(CO)Nc2ccccc2Br)cc1F. The number of ether oxygens (including phenoxy) is 1. The maximum absolute atomic E-state index is 13.7. The van der Waals surface area contributed by atoms with E-state index >= 15 is 0 Å². The molecule has 0 fully saturated rings. The second-order valence-corrected chi connectivity index (χ2v) is 5.11. The van der Waals surface area contributed by atoms with Gasteiger partial charge in [0.25, 0.3) is 0 Å². The second kappa shape index (κ2) is 6.72. The molecule has 3 nitrogen and oxygen atoms in total. The highest BCUT2D eigenvalue weighted by Crippen LogP contribution is 2.28. The lowest BCUT2D eigenvalue weighted by Crippen LogP contribution is -2.15. The fourth-order valence-electron chi connectivity index (χ4n) is 1.90. The molecule has 0 aliphatic heterocycles. The summed E-state index contributed by atoms with van der Waals surface area (Å²) in [7, 11) is 1.42. The number of hydrogen-bond acceptors (Lipinski definition) is 3. The van der Waals surface area contributed by atoms with Crippen LogP contribution in [0.5, 0.6) is 5.75 Å². The number of aliphatic hydroxyl groups is 1. The fraction of sp³-hybridized carbons (Fsp3) is 0.200. The van der Waals surface area contributed by atoms with Crippen LogP contribution in [-0.2, 0) is 0 Å². The number of methoxy groups -OCH3 is 1. The van der Waals surface area contributed by atoms with Gasteiger partial charge < -0.3 is 15.2 Å². The average molecular weight is 340 g/mol. The van der Waals surface area contributed by atoms with Gasteiger partial charge in [-0.3, -0.25) is 0 Å². The van der Waals surface area contributed by atoms with Crippen LogP contribution in [0.4, 0.5) is 10.1 Å². The van der Waals surface area contributed by atoms with Gasteiger partial charge in [-0.25, -0.2) is 4.39 Å². The van der Waals surface area contributed by atoms with E-state index in [1.807, 2.05) is 24.3 Å². The van der Waals surface area contributed by atoms with Crippen molar-refractivity contribution < 1.29 is 14.2 Å². The lowest BCUT2D eigenvalue weighted by atomic mass is 10.1. The molecule has 0 saturated heterocycles. The first-order chi connectivity index (χ1) is 9.65. The summed E-state index contributed by atoms with van der Waals surface area (Å²) in [6.45, 7) is -0.146. The average Bonchev–Trinajstić information content (AvgIpc) is 2.46. The Labute approximate surface area is 125 Å². The minimum absolute atomic E-state index is 0.146. The highest BCUT2D eigenvalue weighted by Gasteiger charge is 2.14. The largest absolute Gasteiger partial charge is 0.494 e. The number of hydrogen-bond donors (Lipinski definition) is 2. The Bertz CT molecular complexity index is 592. The van der Waals surface area contributed by atoms with Gasteiger partial charge in [0.1, 0.15) is 0 Å². The molecule has 106 valence electrons. The third-order valence-electron chi connectivity index (χ3n) is 2.96. The molecular weight excluding hydrogens is 325 g/mol. The van der Waals surface area contributed by atoms with Gasteiger partial charge in [-0.1, -0.05) is 18.2 Å². The number of benzene rings is 2. The monoisotopic (exact) mass is 339 g/mol. The van der Waals surface area contributed by atoms with Crippen LogP contribution in [-0.4, -0.2) is 18.8 Å². The summed E-state index contributed by atoms with van der Waals surface area (Å²) in [5, 5.41) is 12.7. The predicted octanol–water partition coefficient (Wildman–Crippen LogP) is 3.74. The Balaban J connectivity index is 2.24. The number of halogens is 2. The van der Waals surface area contributed by atoms with Gasteiger partial charge in [0.05, 0.1) is 19.8 Å². The molecule has 2 rings (SSSR count). The third-order valence-corrected chi connectivity index (χ3v) is 3.66. The van der Waals surface area contributed by atoms with Crippen molar-refractivity contribution in [2.45, 2.75) is 6.04 Å². The zero-order chi connectivity index (χ0) is 14.5. The van der Waals surface area contributed by atoms with Crippen molar-refractivity contribution in [1.82, 2.24) is 0 Å². The van der Waals surface area contributed by atoms with Gasteiger partial charge in [-0.15, -0.1) is 0 Å². The van der Waals surface area contributed by atoms with Crippen molar-refractivity contribution in [2.24, 2.45) is 0 Å². The normalized spacial score (nSPS) is 12.0. The molecule has 5 heteroatoms. The van der Waals surface area contributed by atoms with Crippen molar-refractivity contribution >= 4 is 21.6 Å². The zero-order valence-corrected chi connectivity index (χ0v) is 12.5. The molecule has 0 heterocycles. The van der Waals surface area contributed by atoms with E-state index in [1.54, 1.807) is 12.1 Å². The number of rotatable bonds is 5. The molecular formula is C15H15BrFNO2. The van der Waals surface area contributed by atoms with Crippen molar-refractivity contribution in [2.75, 3.05) is 19.0 Å². The molecule has 0 aromatic heterocycles. The van der Waals surface area contributed by atoms with E-state index in [2.05, 4.69) is 21.2 Å². The van der Waals surface area contributed by atoms with Gasteiger partial charge in [0, 0.05) is 10.2 Å². The minimum atomic E-state index is -0.447. The van der Waals surface area contributed by atoms with Gasteiger partial charge in [-0.05, 0) is 45.8 Å². The highest BCUT2D eigenvalue weighted by molar-refractivity contribution is 9.10. The number of nitrogens with one attached hydrogen (secondary N) is 1. The molecule has 0 bridgehead atoms. The maximum Gasteiger partial charge on any atom is 0.165 e. The van der Waals surface area contributed by atoms with Gasteiger partial charge >= 0.3 is 0 Å². The Hall–Kier alpha value is -1.59. The molecule has 0 aliphatic rings. The summed E-state index contributed by atoms with van der Waals surface area (Å²) in [6, 6.07) is 11.8. The van der Waals surface area contributed by atoms with Crippen LogP contribution in [0.2, 0.25) is 0 Å². The van der Waals surface area contributed by atoms with Crippen molar-refractivity contribution in [1.29, 1.82) is 0 Å². The van der Waals surface area contributed by atoms with Gasteiger partial charge in [0.15, 0.2) is 11.6 Å². The third kappa shape index (κ3) is 3.29. The van der Waals surface area contributed by atoms with Crippen LogP contribution in [0.1, 0.15) is 11.6 Å². The first-order valence-electron chi connectivity index (χ1n) is 6.11. The van der Waals surface area contributed by atoms with Crippen LogP contribution in [0.15, 0.2) is 46.9 Å². The molecule has 1 unspecified atom stereocenters. The molecule has 1 atom stereocenters. The zero-order valence-electron chi connectivity index (χ0n) is 10.9. The van der Waals surface area contributed by atoms with Gasteiger partial charge in [0.2, 0.25) is 0 Å². The second-order valence-electron chi connectivity index (χ2n) is 4.25. The number of anilines is 1. The van der Waals surface area contributed by atoms with Crippen LogP contribution in [0, 0.1) is 5.82 Å².